The molecule has 0 aromatic carbocycles. The zero-order valence-electron chi connectivity index (χ0n) is 9.23. The first-order valence-electron chi connectivity index (χ1n) is 4.69. The molecule has 0 aromatic rings. The third kappa shape index (κ3) is 7.58. The van der Waals surface area contributed by atoms with Crippen LogP contribution in [0.3, 0.4) is 0 Å². The first-order chi connectivity index (χ1) is 6.67. The van der Waals surface area contributed by atoms with Crippen molar-refractivity contribution in [2.75, 3.05) is 19.8 Å². The van der Waals surface area contributed by atoms with Gasteiger partial charge < -0.3 is 15.2 Å². The van der Waals surface area contributed by atoms with Crippen LogP contribution in [0.15, 0.2) is 0 Å². The van der Waals surface area contributed by atoms with Gasteiger partial charge in [-0.05, 0) is 20.8 Å². The lowest BCUT2D eigenvalue weighted by Gasteiger charge is -2.22. The normalized spacial score (nSPS) is 15.4. The number of hydrogen-bond acceptors (Lipinski definition) is 3. The van der Waals surface area contributed by atoms with Crippen LogP contribution in [0.4, 0.5) is 13.2 Å². The van der Waals surface area contributed by atoms with Crippen LogP contribution in [0.25, 0.3) is 0 Å². The van der Waals surface area contributed by atoms with Gasteiger partial charge in [-0.2, -0.15) is 13.2 Å². The molecule has 0 fully saturated rings. The SMILES string of the molecule is CC(C)(C)OCCOC(CN)C(F)(F)F. The number of halogens is 3. The fourth-order valence-corrected chi connectivity index (χ4v) is 0.834. The summed E-state index contributed by atoms with van der Waals surface area (Å²) in [7, 11) is 0. The van der Waals surface area contributed by atoms with Crippen LogP contribution < -0.4 is 5.73 Å². The van der Waals surface area contributed by atoms with Gasteiger partial charge in [0.1, 0.15) is 0 Å². The molecule has 0 aromatic heterocycles. The molecule has 0 radical (unpaired) electrons. The highest BCUT2D eigenvalue weighted by molar-refractivity contribution is 4.68. The predicted molar refractivity (Wildman–Crippen MR) is 50.6 cm³/mol. The van der Waals surface area contributed by atoms with Crippen molar-refractivity contribution in [2.24, 2.45) is 5.73 Å². The Balaban J connectivity index is 3.75. The van der Waals surface area contributed by atoms with Crippen molar-refractivity contribution < 1.29 is 22.6 Å². The average molecular weight is 229 g/mol. The molecule has 0 spiro atoms. The average Bonchev–Trinajstić information content (AvgIpc) is 1.99. The second-order valence-electron chi connectivity index (χ2n) is 4.10. The van der Waals surface area contributed by atoms with Gasteiger partial charge in [-0.15, -0.1) is 0 Å². The monoisotopic (exact) mass is 229 g/mol. The van der Waals surface area contributed by atoms with E-state index in [1.807, 2.05) is 20.8 Å². The van der Waals surface area contributed by atoms with Crippen LogP contribution in [-0.2, 0) is 9.47 Å². The van der Waals surface area contributed by atoms with E-state index < -0.39 is 18.8 Å². The molecule has 0 saturated carbocycles. The maximum Gasteiger partial charge on any atom is 0.415 e. The molecular weight excluding hydrogens is 211 g/mol. The number of hydrogen-bond donors (Lipinski definition) is 1. The minimum atomic E-state index is -4.41. The zero-order chi connectivity index (χ0) is 12.1. The summed E-state index contributed by atoms with van der Waals surface area (Å²) in [5.41, 5.74) is 4.57. The third-order valence-corrected chi connectivity index (χ3v) is 1.52. The Hall–Kier alpha value is -0.330. The third-order valence-electron chi connectivity index (χ3n) is 1.52. The highest BCUT2D eigenvalue weighted by Gasteiger charge is 2.39. The van der Waals surface area contributed by atoms with Crippen molar-refractivity contribution in [3.63, 3.8) is 0 Å². The molecule has 1 atom stereocenters. The smallest absolute Gasteiger partial charge is 0.373 e. The molecule has 0 rings (SSSR count). The van der Waals surface area contributed by atoms with Crippen LogP contribution in [0.1, 0.15) is 20.8 Å². The van der Waals surface area contributed by atoms with Gasteiger partial charge >= 0.3 is 6.18 Å². The van der Waals surface area contributed by atoms with Crippen molar-refractivity contribution in [3.8, 4) is 0 Å². The number of ether oxygens (including phenoxy) is 2. The predicted octanol–water partition coefficient (Wildman–Crippen LogP) is 1.71. The van der Waals surface area contributed by atoms with E-state index in [0.29, 0.717) is 0 Å². The van der Waals surface area contributed by atoms with Crippen LogP contribution in [-0.4, -0.2) is 37.6 Å². The van der Waals surface area contributed by atoms with E-state index in [4.69, 9.17) is 10.5 Å². The van der Waals surface area contributed by atoms with Gasteiger partial charge in [-0.25, -0.2) is 0 Å². The van der Waals surface area contributed by atoms with Crippen molar-refractivity contribution in [3.05, 3.63) is 0 Å². The fourth-order valence-electron chi connectivity index (χ4n) is 0.834. The summed E-state index contributed by atoms with van der Waals surface area (Å²) >= 11 is 0. The molecule has 0 amide bonds. The van der Waals surface area contributed by atoms with E-state index in [-0.39, 0.29) is 18.8 Å². The highest BCUT2D eigenvalue weighted by Crippen LogP contribution is 2.22. The summed E-state index contributed by atoms with van der Waals surface area (Å²) in [5, 5.41) is 0. The molecule has 1 unspecified atom stereocenters. The van der Waals surface area contributed by atoms with Gasteiger partial charge in [0.25, 0.3) is 0 Å². The molecule has 0 aliphatic heterocycles. The number of alkyl halides is 3. The fraction of sp³-hybridized carbons (Fsp3) is 1.00. The van der Waals surface area contributed by atoms with E-state index in [0.717, 1.165) is 0 Å². The summed E-state index contributed by atoms with van der Waals surface area (Å²) in [6.07, 6.45) is -6.31. The van der Waals surface area contributed by atoms with Gasteiger partial charge in [0, 0.05) is 6.54 Å². The van der Waals surface area contributed by atoms with Crippen molar-refractivity contribution in [2.45, 2.75) is 38.7 Å². The standard InChI is InChI=1S/C9H18F3NO2/c1-8(2,3)15-5-4-14-7(6-13)9(10,11)12/h7H,4-6,13H2,1-3H3. The van der Waals surface area contributed by atoms with Crippen molar-refractivity contribution in [1.82, 2.24) is 0 Å². The molecule has 0 heterocycles. The topological polar surface area (TPSA) is 44.5 Å². The lowest BCUT2D eigenvalue weighted by Crippen LogP contribution is -2.39. The second-order valence-corrected chi connectivity index (χ2v) is 4.10. The number of nitrogens with two attached hydrogens (primary N) is 1. The molecule has 2 N–H and O–H groups in total. The van der Waals surface area contributed by atoms with Gasteiger partial charge in [-0.1, -0.05) is 0 Å². The Labute approximate surface area is 87.7 Å². The minimum Gasteiger partial charge on any atom is -0.373 e. The Morgan fingerprint density at radius 3 is 2.00 bits per heavy atom. The van der Waals surface area contributed by atoms with Crippen LogP contribution in [0.5, 0.6) is 0 Å². The molecule has 6 heteroatoms. The maximum atomic E-state index is 12.1. The van der Waals surface area contributed by atoms with Gasteiger partial charge in [0.15, 0.2) is 6.10 Å². The highest BCUT2D eigenvalue weighted by atomic mass is 19.4. The Bertz CT molecular complexity index is 177. The van der Waals surface area contributed by atoms with E-state index in [1.54, 1.807) is 0 Å². The zero-order valence-corrected chi connectivity index (χ0v) is 9.23. The molecule has 15 heavy (non-hydrogen) atoms. The van der Waals surface area contributed by atoms with E-state index >= 15 is 0 Å². The van der Waals surface area contributed by atoms with Crippen LogP contribution in [0, 0.1) is 0 Å². The van der Waals surface area contributed by atoms with E-state index in [2.05, 4.69) is 4.74 Å². The molecule has 0 aliphatic rings. The maximum absolute atomic E-state index is 12.1. The first kappa shape index (κ1) is 14.7. The summed E-state index contributed by atoms with van der Waals surface area (Å²) in [6, 6.07) is 0. The largest absolute Gasteiger partial charge is 0.415 e. The summed E-state index contributed by atoms with van der Waals surface area (Å²) in [5.74, 6) is 0. The molecule has 0 bridgehead atoms. The number of rotatable bonds is 5. The quantitative estimate of drug-likeness (QED) is 0.730. The molecule has 3 nitrogen and oxygen atoms in total. The molecular formula is C9H18F3NO2. The lowest BCUT2D eigenvalue weighted by atomic mass is 10.2. The van der Waals surface area contributed by atoms with Gasteiger partial charge in [0.05, 0.1) is 18.8 Å². The minimum absolute atomic E-state index is 0.112. The summed E-state index contributed by atoms with van der Waals surface area (Å²) < 4.78 is 46.2. The van der Waals surface area contributed by atoms with Crippen molar-refractivity contribution in [1.29, 1.82) is 0 Å². The van der Waals surface area contributed by atoms with E-state index in [9.17, 15) is 13.2 Å². The van der Waals surface area contributed by atoms with Crippen LogP contribution in [0.2, 0.25) is 0 Å². The summed E-state index contributed by atoms with van der Waals surface area (Å²) in [4.78, 5) is 0. The lowest BCUT2D eigenvalue weighted by molar-refractivity contribution is -0.220. The van der Waals surface area contributed by atoms with E-state index in [1.165, 1.54) is 0 Å². The molecule has 0 saturated heterocycles. The Morgan fingerprint density at radius 1 is 1.13 bits per heavy atom. The van der Waals surface area contributed by atoms with Crippen LogP contribution >= 0.6 is 0 Å². The molecule has 92 valence electrons. The Kier molecular flexibility index (Phi) is 5.55. The van der Waals surface area contributed by atoms with Crippen molar-refractivity contribution >= 4 is 0 Å². The van der Waals surface area contributed by atoms with Gasteiger partial charge in [0.2, 0.25) is 0 Å². The first-order valence-corrected chi connectivity index (χ1v) is 4.69. The summed E-state index contributed by atoms with van der Waals surface area (Å²) in [6.45, 7) is 4.89. The van der Waals surface area contributed by atoms with Gasteiger partial charge in [-0.3, -0.25) is 0 Å². The Morgan fingerprint density at radius 2 is 1.67 bits per heavy atom. The second kappa shape index (κ2) is 5.67. The molecule has 0 aliphatic carbocycles.